The van der Waals surface area contributed by atoms with Crippen molar-refractivity contribution in [3.63, 3.8) is 0 Å². The summed E-state index contributed by atoms with van der Waals surface area (Å²) >= 11 is 0. The average Bonchev–Trinajstić information content (AvgIpc) is 3.27. The summed E-state index contributed by atoms with van der Waals surface area (Å²) in [4.78, 5) is 4.54. The van der Waals surface area contributed by atoms with Crippen molar-refractivity contribution >= 4 is 29.9 Å². The summed E-state index contributed by atoms with van der Waals surface area (Å²) in [5.74, 6) is 1.03. The Labute approximate surface area is 158 Å². The molecule has 4 nitrogen and oxygen atoms in total. The number of hydrogen-bond donors (Lipinski definition) is 2. The maximum absolute atomic E-state index is 12.1. The molecule has 1 aromatic carbocycles. The van der Waals surface area contributed by atoms with Crippen molar-refractivity contribution in [2.75, 3.05) is 0 Å². The summed E-state index contributed by atoms with van der Waals surface area (Å²) in [5.41, 5.74) is 7.09. The zero-order valence-electron chi connectivity index (χ0n) is 13.5. The molecule has 0 radical (unpaired) electrons. The molecular formula is C17H24F2IN3O. The van der Waals surface area contributed by atoms with Crippen molar-refractivity contribution in [2.45, 2.75) is 63.1 Å². The van der Waals surface area contributed by atoms with Crippen molar-refractivity contribution in [3.05, 3.63) is 29.8 Å². The highest BCUT2D eigenvalue weighted by atomic mass is 127. The van der Waals surface area contributed by atoms with Crippen molar-refractivity contribution in [1.29, 1.82) is 0 Å². The Bertz CT molecular complexity index is 547. The number of ether oxygens (including phenoxy) is 1. The van der Waals surface area contributed by atoms with E-state index in [4.69, 9.17) is 5.73 Å². The minimum absolute atomic E-state index is 0. The van der Waals surface area contributed by atoms with Crippen LogP contribution >= 0.6 is 24.0 Å². The van der Waals surface area contributed by atoms with Gasteiger partial charge in [-0.15, -0.1) is 24.0 Å². The molecule has 0 heterocycles. The van der Waals surface area contributed by atoms with Crippen molar-refractivity contribution < 1.29 is 13.5 Å². The lowest BCUT2D eigenvalue weighted by Gasteiger charge is -2.23. The molecular weight excluding hydrogens is 427 g/mol. The molecule has 3 N–H and O–H groups in total. The number of rotatable bonds is 5. The standard InChI is InChI=1S/C17H23F2N3O.HI/c18-16(19)23-13-8-6-11(7-9-13)14-10-15(14)22-17(20)21-12-4-2-1-3-5-12;/h6-9,12,14-16H,1-5,10H2,(H3,20,21,22);1H/t14-,15+;/m0./s1. The van der Waals surface area contributed by atoms with E-state index in [2.05, 4.69) is 15.0 Å². The van der Waals surface area contributed by atoms with Gasteiger partial charge in [-0.05, 0) is 37.0 Å². The molecule has 0 unspecified atom stereocenters. The van der Waals surface area contributed by atoms with E-state index in [1.165, 1.54) is 19.3 Å². The molecule has 2 atom stereocenters. The summed E-state index contributed by atoms with van der Waals surface area (Å²) < 4.78 is 28.6. The summed E-state index contributed by atoms with van der Waals surface area (Å²) in [7, 11) is 0. The summed E-state index contributed by atoms with van der Waals surface area (Å²) in [5, 5.41) is 3.32. The Morgan fingerprint density at radius 1 is 1.17 bits per heavy atom. The highest BCUT2D eigenvalue weighted by Gasteiger charge is 2.38. The highest BCUT2D eigenvalue weighted by molar-refractivity contribution is 14.0. The molecule has 2 saturated carbocycles. The van der Waals surface area contributed by atoms with E-state index >= 15 is 0 Å². The number of nitrogens with zero attached hydrogens (tertiary/aromatic N) is 1. The number of hydrogen-bond acceptors (Lipinski definition) is 2. The molecule has 0 amide bonds. The largest absolute Gasteiger partial charge is 0.435 e. The van der Waals surface area contributed by atoms with Gasteiger partial charge in [0.15, 0.2) is 5.96 Å². The minimum atomic E-state index is -2.79. The lowest BCUT2D eigenvalue weighted by Crippen LogP contribution is -2.41. The number of guanidine groups is 1. The second-order valence-corrected chi connectivity index (χ2v) is 6.35. The van der Waals surface area contributed by atoms with Crippen LogP contribution in [0.4, 0.5) is 8.78 Å². The van der Waals surface area contributed by atoms with E-state index in [0.29, 0.717) is 17.9 Å². The number of aliphatic imine (C=N–C) groups is 1. The maximum Gasteiger partial charge on any atom is 0.387 e. The van der Waals surface area contributed by atoms with E-state index in [9.17, 15) is 8.78 Å². The Hall–Kier alpha value is -1.12. The first-order chi connectivity index (χ1) is 11.1. The van der Waals surface area contributed by atoms with Crippen molar-refractivity contribution in [3.8, 4) is 5.75 Å². The molecule has 2 aliphatic carbocycles. The van der Waals surface area contributed by atoms with Crippen LogP contribution in [-0.2, 0) is 0 Å². The topological polar surface area (TPSA) is 59.6 Å². The molecule has 0 aromatic heterocycles. The average molecular weight is 451 g/mol. The second kappa shape index (κ2) is 8.82. The van der Waals surface area contributed by atoms with E-state index in [0.717, 1.165) is 24.8 Å². The van der Waals surface area contributed by atoms with Crippen LogP contribution in [0.2, 0.25) is 0 Å². The van der Waals surface area contributed by atoms with Gasteiger partial charge < -0.3 is 15.8 Å². The Morgan fingerprint density at radius 3 is 2.46 bits per heavy atom. The molecule has 0 bridgehead atoms. The summed E-state index contributed by atoms with van der Waals surface area (Å²) in [6.45, 7) is -2.79. The molecule has 134 valence electrons. The summed E-state index contributed by atoms with van der Waals surface area (Å²) in [6.07, 6.45) is 7.09. The van der Waals surface area contributed by atoms with Crippen LogP contribution in [-0.4, -0.2) is 24.7 Å². The van der Waals surface area contributed by atoms with Gasteiger partial charge in [0, 0.05) is 12.0 Å². The minimum Gasteiger partial charge on any atom is -0.435 e. The first-order valence-electron chi connectivity index (χ1n) is 8.26. The molecule has 0 aliphatic heterocycles. The Balaban J connectivity index is 0.00000208. The van der Waals surface area contributed by atoms with Gasteiger partial charge in [-0.25, -0.2) is 4.99 Å². The second-order valence-electron chi connectivity index (χ2n) is 6.35. The fourth-order valence-electron chi connectivity index (χ4n) is 3.25. The maximum atomic E-state index is 12.1. The zero-order valence-corrected chi connectivity index (χ0v) is 15.8. The monoisotopic (exact) mass is 451 g/mol. The molecule has 7 heteroatoms. The number of nitrogens with one attached hydrogen (secondary N) is 1. The molecule has 2 fully saturated rings. The number of nitrogens with two attached hydrogens (primary N) is 1. The fourth-order valence-corrected chi connectivity index (χ4v) is 3.25. The third-order valence-corrected chi connectivity index (χ3v) is 4.55. The van der Waals surface area contributed by atoms with Gasteiger partial charge >= 0.3 is 6.61 Å². The molecule has 0 saturated heterocycles. The molecule has 0 spiro atoms. The highest BCUT2D eigenvalue weighted by Crippen LogP contribution is 2.43. The predicted molar refractivity (Wildman–Crippen MR) is 101 cm³/mol. The third kappa shape index (κ3) is 5.46. The van der Waals surface area contributed by atoms with Gasteiger partial charge in [-0.1, -0.05) is 31.4 Å². The van der Waals surface area contributed by atoms with Crippen LogP contribution in [0.3, 0.4) is 0 Å². The van der Waals surface area contributed by atoms with Crippen LogP contribution in [0, 0.1) is 0 Å². The van der Waals surface area contributed by atoms with Crippen LogP contribution < -0.4 is 15.8 Å². The lowest BCUT2D eigenvalue weighted by atomic mass is 9.96. The SMILES string of the molecule is I.NC(=N[C@@H]1C[C@H]1c1ccc(OC(F)F)cc1)NC1CCCCC1. The molecule has 3 rings (SSSR count). The van der Waals surface area contributed by atoms with Crippen LogP contribution in [0.15, 0.2) is 29.3 Å². The van der Waals surface area contributed by atoms with Crippen LogP contribution in [0.5, 0.6) is 5.75 Å². The van der Waals surface area contributed by atoms with E-state index in [1.54, 1.807) is 12.1 Å². The molecule has 2 aliphatic rings. The van der Waals surface area contributed by atoms with Crippen LogP contribution in [0.1, 0.15) is 50.0 Å². The Kier molecular flexibility index (Phi) is 7.06. The molecule has 24 heavy (non-hydrogen) atoms. The van der Waals surface area contributed by atoms with E-state index in [-0.39, 0.29) is 35.8 Å². The van der Waals surface area contributed by atoms with E-state index in [1.807, 2.05) is 12.1 Å². The third-order valence-electron chi connectivity index (χ3n) is 4.55. The number of benzene rings is 1. The smallest absolute Gasteiger partial charge is 0.387 e. The summed E-state index contributed by atoms with van der Waals surface area (Å²) in [6, 6.07) is 7.43. The first-order valence-corrected chi connectivity index (χ1v) is 8.26. The Morgan fingerprint density at radius 2 is 1.83 bits per heavy atom. The fraction of sp³-hybridized carbons (Fsp3) is 0.588. The predicted octanol–water partition coefficient (Wildman–Crippen LogP) is 4.00. The zero-order chi connectivity index (χ0) is 16.2. The van der Waals surface area contributed by atoms with Crippen molar-refractivity contribution in [2.24, 2.45) is 10.7 Å². The van der Waals surface area contributed by atoms with Gasteiger partial charge in [0.05, 0.1) is 6.04 Å². The normalized spacial score (nSPS) is 24.4. The van der Waals surface area contributed by atoms with E-state index < -0.39 is 6.61 Å². The van der Waals surface area contributed by atoms with Gasteiger partial charge in [-0.3, -0.25) is 0 Å². The van der Waals surface area contributed by atoms with Crippen LogP contribution in [0.25, 0.3) is 0 Å². The van der Waals surface area contributed by atoms with Crippen molar-refractivity contribution in [1.82, 2.24) is 5.32 Å². The van der Waals surface area contributed by atoms with Gasteiger partial charge in [0.1, 0.15) is 5.75 Å². The first kappa shape index (κ1) is 19.2. The number of halogens is 3. The van der Waals surface area contributed by atoms with Gasteiger partial charge in [0.2, 0.25) is 0 Å². The molecule has 1 aromatic rings. The lowest BCUT2D eigenvalue weighted by molar-refractivity contribution is -0.0498. The van der Waals surface area contributed by atoms with Gasteiger partial charge in [0.25, 0.3) is 0 Å². The number of alkyl halides is 2. The quantitative estimate of drug-likeness (QED) is 0.404. The van der Waals surface area contributed by atoms with Gasteiger partial charge in [-0.2, -0.15) is 8.78 Å².